The summed E-state index contributed by atoms with van der Waals surface area (Å²) in [5.74, 6) is 1.62. The van der Waals surface area contributed by atoms with E-state index in [9.17, 15) is 4.79 Å². The molecule has 0 spiro atoms. The number of hydrogen-bond acceptors (Lipinski definition) is 2. The number of nitrogens with zero attached hydrogens (tertiary/aromatic N) is 3. The first kappa shape index (κ1) is 21.9. The molecule has 0 bridgehead atoms. The summed E-state index contributed by atoms with van der Waals surface area (Å²) in [5, 5.41) is 3.44. The first-order chi connectivity index (χ1) is 14.7. The maximum Gasteiger partial charge on any atom is 0.253 e. The van der Waals surface area contributed by atoms with Crippen molar-refractivity contribution in [1.82, 2.24) is 15.1 Å². The van der Waals surface area contributed by atoms with Crippen molar-refractivity contribution in [3.63, 3.8) is 0 Å². The van der Waals surface area contributed by atoms with Crippen LogP contribution in [0.15, 0.2) is 59.6 Å². The predicted octanol–water partition coefficient (Wildman–Crippen LogP) is 4.12. The van der Waals surface area contributed by atoms with E-state index in [4.69, 9.17) is 4.99 Å². The Kier molecular flexibility index (Phi) is 7.89. The van der Waals surface area contributed by atoms with Crippen molar-refractivity contribution in [1.29, 1.82) is 0 Å². The summed E-state index contributed by atoms with van der Waals surface area (Å²) >= 11 is 0. The molecule has 1 N–H and O–H groups in total. The number of amides is 1. The van der Waals surface area contributed by atoms with Gasteiger partial charge in [0.15, 0.2) is 5.96 Å². The molecule has 2 aromatic carbocycles. The van der Waals surface area contributed by atoms with Gasteiger partial charge in [-0.2, -0.15) is 0 Å². The van der Waals surface area contributed by atoms with E-state index < -0.39 is 0 Å². The minimum atomic E-state index is 0.0902. The van der Waals surface area contributed by atoms with E-state index in [0.29, 0.717) is 12.5 Å². The number of carbonyl (C=O) groups excluding carboxylic acids is 1. The third kappa shape index (κ3) is 5.41. The third-order valence-electron chi connectivity index (χ3n) is 5.76. The summed E-state index contributed by atoms with van der Waals surface area (Å²) < 4.78 is 0. The topological polar surface area (TPSA) is 47.9 Å². The molecule has 1 unspecified atom stereocenters. The van der Waals surface area contributed by atoms with Crippen molar-refractivity contribution in [3.8, 4) is 0 Å². The molecule has 3 rings (SSSR count). The molecule has 1 fully saturated rings. The number of carbonyl (C=O) groups is 1. The lowest BCUT2D eigenvalue weighted by Crippen LogP contribution is -2.40. The molecule has 1 heterocycles. The summed E-state index contributed by atoms with van der Waals surface area (Å²) in [6, 6.07) is 18.6. The largest absolute Gasteiger partial charge is 0.357 e. The molecule has 1 aliphatic rings. The van der Waals surface area contributed by atoms with Crippen LogP contribution in [-0.4, -0.2) is 54.4 Å². The molecule has 0 aliphatic carbocycles. The quantitative estimate of drug-likeness (QED) is 0.556. The molecule has 0 radical (unpaired) electrons. The molecule has 5 nitrogen and oxygen atoms in total. The van der Waals surface area contributed by atoms with Gasteiger partial charge in [-0.25, -0.2) is 4.99 Å². The molecule has 0 saturated carbocycles. The number of aliphatic imine (C=N–C) groups is 1. The number of likely N-dealkylation sites (tertiary alicyclic amines) is 1. The van der Waals surface area contributed by atoms with Gasteiger partial charge in [0.1, 0.15) is 0 Å². The first-order valence-electron chi connectivity index (χ1n) is 11.1. The van der Waals surface area contributed by atoms with Gasteiger partial charge in [-0.15, -0.1) is 0 Å². The second-order valence-electron chi connectivity index (χ2n) is 7.69. The maximum absolute atomic E-state index is 12.5. The Bertz CT molecular complexity index is 828. The lowest BCUT2D eigenvalue weighted by molar-refractivity contribution is 0.0773. The second-order valence-corrected chi connectivity index (χ2v) is 7.69. The van der Waals surface area contributed by atoms with Gasteiger partial charge in [0.05, 0.1) is 6.54 Å². The molecule has 1 atom stereocenters. The number of nitrogens with one attached hydrogen (secondary N) is 1. The smallest absolute Gasteiger partial charge is 0.253 e. The number of rotatable bonds is 7. The molecule has 0 aromatic heterocycles. The van der Waals surface area contributed by atoms with Gasteiger partial charge in [0, 0.05) is 44.2 Å². The SMILES string of the molecule is CCNC(=NCc1ccc(C(=O)N(CC)CC)cc1)N1CCC(c2ccccc2)C1. The van der Waals surface area contributed by atoms with Gasteiger partial charge in [-0.3, -0.25) is 4.79 Å². The van der Waals surface area contributed by atoms with E-state index in [2.05, 4.69) is 47.5 Å². The van der Waals surface area contributed by atoms with Gasteiger partial charge in [0.25, 0.3) is 5.91 Å². The van der Waals surface area contributed by atoms with Crippen LogP contribution >= 0.6 is 0 Å². The van der Waals surface area contributed by atoms with Crippen molar-refractivity contribution in [2.45, 2.75) is 39.7 Å². The van der Waals surface area contributed by atoms with Crippen molar-refractivity contribution >= 4 is 11.9 Å². The zero-order chi connectivity index (χ0) is 21.3. The lowest BCUT2D eigenvalue weighted by atomic mass is 9.99. The van der Waals surface area contributed by atoms with E-state index in [0.717, 1.165) is 56.2 Å². The molecular weight excluding hydrogens is 372 g/mol. The van der Waals surface area contributed by atoms with Crippen LogP contribution in [0.5, 0.6) is 0 Å². The van der Waals surface area contributed by atoms with Gasteiger partial charge < -0.3 is 15.1 Å². The Labute approximate surface area is 180 Å². The lowest BCUT2D eigenvalue weighted by Gasteiger charge is -2.22. The van der Waals surface area contributed by atoms with E-state index in [1.165, 1.54) is 5.56 Å². The highest BCUT2D eigenvalue weighted by Crippen LogP contribution is 2.27. The Balaban J connectivity index is 1.64. The molecular formula is C25H34N4O. The van der Waals surface area contributed by atoms with Gasteiger partial charge >= 0.3 is 0 Å². The van der Waals surface area contributed by atoms with Crippen LogP contribution in [-0.2, 0) is 6.54 Å². The maximum atomic E-state index is 12.5. The van der Waals surface area contributed by atoms with Gasteiger partial charge in [-0.05, 0) is 50.5 Å². The molecule has 5 heteroatoms. The van der Waals surface area contributed by atoms with Crippen LogP contribution in [0.4, 0.5) is 0 Å². The zero-order valence-electron chi connectivity index (χ0n) is 18.5. The number of guanidine groups is 1. The minimum absolute atomic E-state index is 0.0902. The fourth-order valence-corrected chi connectivity index (χ4v) is 3.99. The van der Waals surface area contributed by atoms with Crippen molar-refractivity contribution < 1.29 is 4.79 Å². The van der Waals surface area contributed by atoms with Crippen LogP contribution in [0.25, 0.3) is 0 Å². The summed E-state index contributed by atoms with van der Waals surface area (Å²) in [5.41, 5.74) is 3.26. The Morgan fingerprint density at radius 3 is 2.40 bits per heavy atom. The normalized spacial score (nSPS) is 16.6. The Hall–Kier alpha value is -2.82. The van der Waals surface area contributed by atoms with Crippen LogP contribution < -0.4 is 5.32 Å². The van der Waals surface area contributed by atoms with Crippen molar-refractivity contribution in [2.24, 2.45) is 4.99 Å². The second kappa shape index (κ2) is 10.8. The average molecular weight is 407 g/mol. The van der Waals surface area contributed by atoms with Crippen molar-refractivity contribution in [3.05, 3.63) is 71.3 Å². The highest BCUT2D eigenvalue weighted by molar-refractivity contribution is 5.94. The first-order valence-corrected chi connectivity index (χ1v) is 11.1. The Morgan fingerprint density at radius 1 is 1.07 bits per heavy atom. The van der Waals surface area contributed by atoms with E-state index in [1.807, 2.05) is 43.0 Å². The third-order valence-corrected chi connectivity index (χ3v) is 5.76. The molecule has 1 amide bonds. The summed E-state index contributed by atoms with van der Waals surface area (Å²) in [4.78, 5) is 21.5. The zero-order valence-corrected chi connectivity index (χ0v) is 18.5. The van der Waals surface area contributed by atoms with Crippen molar-refractivity contribution in [2.75, 3.05) is 32.7 Å². The molecule has 2 aromatic rings. The molecule has 160 valence electrons. The average Bonchev–Trinajstić information content (AvgIpc) is 3.28. The minimum Gasteiger partial charge on any atom is -0.357 e. The fraction of sp³-hybridized carbons (Fsp3) is 0.440. The monoisotopic (exact) mass is 406 g/mol. The van der Waals surface area contributed by atoms with Gasteiger partial charge in [-0.1, -0.05) is 42.5 Å². The fourth-order valence-electron chi connectivity index (χ4n) is 3.99. The highest BCUT2D eigenvalue weighted by atomic mass is 16.2. The standard InChI is InChI=1S/C25H34N4O/c1-4-26-25(29-17-16-23(19-29)21-10-8-7-9-11-21)27-18-20-12-14-22(15-13-20)24(30)28(5-2)6-3/h7-15,23H,4-6,16-19H2,1-3H3,(H,26,27). The van der Waals surface area contributed by atoms with Crippen LogP contribution in [0.2, 0.25) is 0 Å². The predicted molar refractivity (Wildman–Crippen MR) is 124 cm³/mol. The Morgan fingerprint density at radius 2 is 1.77 bits per heavy atom. The van der Waals surface area contributed by atoms with E-state index in [1.54, 1.807) is 0 Å². The number of benzene rings is 2. The summed E-state index contributed by atoms with van der Waals surface area (Å²) in [7, 11) is 0. The van der Waals surface area contributed by atoms with E-state index >= 15 is 0 Å². The van der Waals surface area contributed by atoms with Gasteiger partial charge in [0.2, 0.25) is 0 Å². The summed E-state index contributed by atoms with van der Waals surface area (Å²) in [6.45, 7) is 11.0. The molecule has 1 aliphatic heterocycles. The van der Waals surface area contributed by atoms with Crippen LogP contribution in [0, 0.1) is 0 Å². The molecule has 1 saturated heterocycles. The van der Waals surface area contributed by atoms with Crippen LogP contribution in [0.3, 0.4) is 0 Å². The summed E-state index contributed by atoms with van der Waals surface area (Å²) in [6.07, 6.45) is 1.15. The highest BCUT2D eigenvalue weighted by Gasteiger charge is 2.25. The number of hydrogen-bond donors (Lipinski definition) is 1. The van der Waals surface area contributed by atoms with Crippen LogP contribution in [0.1, 0.15) is 54.6 Å². The molecule has 30 heavy (non-hydrogen) atoms. The van der Waals surface area contributed by atoms with E-state index in [-0.39, 0.29) is 5.91 Å².